The van der Waals surface area contributed by atoms with Gasteiger partial charge in [-0.25, -0.2) is 0 Å². The quantitative estimate of drug-likeness (QED) is 0.534. The highest BCUT2D eigenvalue weighted by Gasteiger charge is 1.81. The monoisotopic (exact) mass is 109 g/mol. The third-order valence-corrected chi connectivity index (χ3v) is 0.950. The number of aromatic nitrogens is 1. The fourth-order valence-corrected chi connectivity index (χ4v) is 0.511. The molecule has 0 bridgehead atoms. The Morgan fingerprint density at radius 2 is 2.75 bits per heavy atom. The van der Waals surface area contributed by atoms with Crippen LogP contribution >= 0.6 is 0 Å². The highest BCUT2D eigenvalue weighted by molar-refractivity contribution is 5.07. The summed E-state index contributed by atoms with van der Waals surface area (Å²) >= 11 is 0. The minimum Gasteiger partial charge on any atom is -0.264 e. The summed E-state index contributed by atoms with van der Waals surface area (Å²) in [5, 5.41) is 0. The Labute approximate surface area is 52.2 Å². The van der Waals surface area contributed by atoms with E-state index in [1.54, 1.807) is 24.5 Å². The van der Waals surface area contributed by atoms with Gasteiger partial charge in [0.25, 0.3) is 0 Å². The molecule has 0 fully saturated rings. The van der Waals surface area contributed by atoms with Crippen LogP contribution in [0.15, 0.2) is 24.5 Å². The van der Waals surface area contributed by atoms with E-state index in [9.17, 15) is 0 Å². The van der Waals surface area contributed by atoms with Crippen LogP contribution in [-0.4, -0.2) is 4.98 Å². The number of aryl methyl sites for hydroxylation is 1. The van der Waals surface area contributed by atoms with Crippen molar-refractivity contribution < 1.29 is 2.74 Å². The van der Waals surface area contributed by atoms with Gasteiger partial charge < -0.3 is 0 Å². The van der Waals surface area contributed by atoms with Crippen LogP contribution in [0.4, 0.5) is 0 Å². The maximum absolute atomic E-state index is 7.30. The van der Waals surface area contributed by atoms with Gasteiger partial charge in [0.2, 0.25) is 0 Å². The number of hydrogen-bond acceptors (Lipinski definition) is 1. The molecule has 1 heteroatoms. The highest BCUT2D eigenvalue weighted by Crippen LogP contribution is 1.93. The van der Waals surface area contributed by atoms with E-state index >= 15 is 0 Å². The van der Waals surface area contributed by atoms with Crippen molar-refractivity contribution >= 4 is 0 Å². The molecule has 0 aliphatic rings. The number of rotatable bonds is 1. The Morgan fingerprint density at radius 3 is 3.12 bits per heavy atom. The van der Waals surface area contributed by atoms with E-state index in [4.69, 9.17) is 2.74 Å². The van der Waals surface area contributed by atoms with E-state index in [2.05, 4.69) is 4.98 Å². The zero-order valence-corrected chi connectivity index (χ0v) is 4.76. The molecule has 0 saturated carbocycles. The van der Waals surface area contributed by atoms with Crippen LogP contribution in [0.1, 0.15) is 15.2 Å². The molecule has 0 aliphatic carbocycles. The average Bonchev–Trinajstić information content (AvgIpc) is 1.88. The molecule has 1 aromatic heterocycles. The molecule has 0 unspecified atom stereocenters. The zero-order valence-electron chi connectivity index (χ0n) is 6.76. The predicted molar refractivity (Wildman–Crippen MR) is 33.6 cm³/mol. The summed E-state index contributed by atoms with van der Waals surface area (Å²) in [5.74, 6) is 0. The van der Waals surface area contributed by atoms with Crippen LogP contribution in [0.2, 0.25) is 0 Å². The zero-order chi connectivity index (χ0) is 7.61. The van der Waals surface area contributed by atoms with Crippen LogP contribution in [-0.2, 0) is 6.37 Å². The summed E-state index contributed by atoms with van der Waals surface area (Å²) in [6.45, 7) is 1.52. The van der Waals surface area contributed by atoms with Crippen molar-refractivity contribution in [1.29, 1.82) is 0 Å². The van der Waals surface area contributed by atoms with Crippen LogP contribution in [0, 0.1) is 0 Å². The van der Waals surface area contributed by atoms with Crippen molar-refractivity contribution in [2.75, 3.05) is 0 Å². The van der Waals surface area contributed by atoms with Gasteiger partial charge in [-0.15, -0.1) is 0 Å². The lowest BCUT2D eigenvalue weighted by atomic mass is 10.2. The van der Waals surface area contributed by atoms with Crippen molar-refractivity contribution in [3.05, 3.63) is 30.1 Å². The van der Waals surface area contributed by atoms with E-state index in [1.807, 2.05) is 0 Å². The Morgan fingerprint density at radius 1 is 1.88 bits per heavy atom. The number of pyridine rings is 1. The minimum absolute atomic E-state index is 0.620. The fourth-order valence-electron chi connectivity index (χ4n) is 0.511. The molecule has 0 spiro atoms. The lowest BCUT2D eigenvalue weighted by Crippen LogP contribution is -1.77. The number of nitrogens with zero attached hydrogens (tertiary/aromatic N) is 1. The molecule has 1 nitrogen and oxygen atoms in total. The van der Waals surface area contributed by atoms with Gasteiger partial charge in [0.05, 0.1) is 0 Å². The molecule has 1 aromatic rings. The van der Waals surface area contributed by atoms with Crippen molar-refractivity contribution in [3.63, 3.8) is 0 Å². The van der Waals surface area contributed by atoms with E-state index in [0.29, 0.717) is 5.56 Å². The highest BCUT2D eigenvalue weighted by atomic mass is 14.6. The van der Waals surface area contributed by atoms with Crippen LogP contribution in [0.25, 0.3) is 0 Å². The predicted octanol–water partition coefficient (Wildman–Crippen LogP) is 1.64. The SMILES string of the molecule is [2H]C([2H])(C)c1cccnc1. The van der Waals surface area contributed by atoms with Crippen molar-refractivity contribution in [1.82, 2.24) is 4.98 Å². The third-order valence-electron chi connectivity index (χ3n) is 0.950. The standard InChI is InChI=1S/C7H9N/c1-2-7-4-3-5-8-6-7/h3-6H,2H2,1H3/i2D2. The third kappa shape index (κ3) is 1.06. The molecule has 0 aliphatic heterocycles. The van der Waals surface area contributed by atoms with Crippen molar-refractivity contribution in [2.45, 2.75) is 13.3 Å². The average molecular weight is 109 g/mol. The molecule has 1 heterocycles. The maximum atomic E-state index is 7.30. The molecule has 0 amide bonds. The van der Waals surface area contributed by atoms with Crippen molar-refractivity contribution in [3.8, 4) is 0 Å². The molecule has 0 radical (unpaired) electrons. The first-order valence-corrected chi connectivity index (χ1v) is 2.51. The molecule has 1 rings (SSSR count). The maximum Gasteiger partial charge on any atom is 0.0314 e. The molecule has 42 valence electrons. The molecular formula is C7H9N. The summed E-state index contributed by atoms with van der Waals surface area (Å²) in [6.07, 6.45) is 1.91. The van der Waals surface area contributed by atoms with Gasteiger partial charge in [-0.1, -0.05) is 13.0 Å². The Hall–Kier alpha value is -0.850. The summed E-state index contributed by atoms with van der Waals surface area (Å²) in [7, 11) is 0. The molecule has 0 aromatic carbocycles. The summed E-state index contributed by atoms with van der Waals surface area (Å²) in [5.41, 5.74) is 0.620. The Kier molecular flexibility index (Phi) is 0.992. The first-order chi connectivity index (χ1) is 4.61. The van der Waals surface area contributed by atoms with E-state index in [-0.39, 0.29) is 0 Å². The van der Waals surface area contributed by atoms with Gasteiger partial charge >= 0.3 is 0 Å². The van der Waals surface area contributed by atoms with E-state index in [0.717, 1.165) is 0 Å². The second-order valence-corrected chi connectivity index (χ2v) is 1.49. The van der Waals surface area contributed by atoms with Gasteiger partial charge in [0, 0.05) is 15.1 Å². The lowest BCUT2D eigenvalue weighted by Gasteiger charge is -1.88. The number of hydrogen-bond donors (Lipinski definition) is 0. The van der Waals surface area contributed by atoms with Crippen LogP contribution in [0.5, 0.6) is 0 Å². The van der Waals surface area contributed by atoms with Crippen LogP contribution < -0.4 is 0 Å². The van der Waals surface area contributed by atoms with Crippen molar-refractivity contribution in [2.24, 2.45) is 0 Å². The normalized spacial score (nSPS) is 14.6. The summed E-state index contributed by atoms with van der Waals surface area (Å²) in [6, 6.07) is 3.46. The summed E-state index contributed by atoms with van der Waals surface area (Å²) in [4.78, 5) is 3.81. The van der Waals surface area contributed by atoms with Gasteiger partial charge in [0.1, 0.15) is 0 Å². The molecule has 0 saturated heterocycles. The molecule has 0 atom stereocenters. The molecular weight excluding hydrogens is 98.1 g/mol. The molecule has 0 N–H and O–H groups in total. The van der Waals surface area contributed by atoms with E-state index < -0.39 is 6.37 Å². The van der Waals surface area contributed by atoms with Gasteiger partial charge in [-0.05, 0) is 18.0 Å². The van der Waals surface area contributed by atoms with Gasteiger partial charge in [0.15, 0.2) is 0 Å². The van der Waals surface area contributed by atoms with Crippen LogP contribution in [0.3, 0.4) is 0 Å². The Bertz CT molecular complexity index is 203. The smallest absolute Gasteiger partial charge is 0.0314 e. The first kappa shape index (κ1) is 3.23. The Balaban J connectivity index is 2.97. The first-order valence-electron chi connectivity index (χ1n) is 3.51. The fraction of sp³-hybridized carbons (Fsp3) is 0.286. The topological polar surface area (TPSA) is 12.9 Å². The second-order valence-electron chi connectivity index (χ2n) is 1.49. The minimum atomic E-state index is -1.27. The largest absolute Gasteiger partial charge is 0.264 e. The second kappa shape index (κ2) is 2.46. The lowest BCUT2D eigenvalue weighted by molar-refractivity contribution is 1.10. The van der Waals surface area contributed by atoms with Gasteiger partial charge in [-0.2, -0.15) is 0 Å². The van der Waals surface area contributed by atoms with Gasteiger partial charge in [-0.3, -0.25) is 4.98 Å². The molecule has 8 heavy (non-hydrogen) atoms. The van der Waals surface area contributed by atoms with E-state index in [1.165, 1.54) is 6.92 Å². The summed E-state index contributed by atoms with van der Waals surface area (Å²) < 4.78 is 14.6.